The summed E-state index contributed by atoms with van der Waals surface area (Å²) in [5.41, 5.74) is 0. The fourth-order valence-corrected chi connectivity index (χ4v) is 1.05. The molecule has 1 aliphatic heterocycles. The Morgan fingerprint density at radius 2 is 2.71 bits per heavy atom. The van der Waals surface area contributed by atoms with Crippen LogP contribution in [0.3, 0.4) is 0 Å². The Bertz CT molecular complexity index is 81.8. The predicted octanol–water partition coefficient (Wildman–Crippen LogP) is 0.956. The average Bonchev–Trinajstić information content (AvgIpc) is 1.69. The Hall–Kier alpha value is -0.180. The van der Waals surface area contributed by atoms with Crippen molar-refractivity contribution in [3.05, 3.63) is 0 Å². The normalized spacial score (nSPS) is 20.4. The van der Waals surface area contributed by atoms with Crippen molar-refractivity contribution in [2.24, 2.45) is 5.10 Å². The molecule has 3 heteroatoms. The van der Waals surface area contributed by atoms with Crippen molar-refractivity contribution in [2.45, 2.75) is 6.42 Å². The zero-order valence-electron chi connectivity index (χ0n) is 4.29. The van der Waals surface area contributed by atoms with Gasteiger partial charge in [0.25, 0.3) is 0 Å². The minimum atomic E-state index is 1.12. The first-order chi connectivity index (χ1) is 3.39. The molecule has 0 saturated heterocycles. The molecule has 2 nitrogen and oxygen atoms in total. The van der Waals surface area contributed by atoms with Crippen molar-refractivity contribution in [3.8, 4) is 0 Å². The van der Waals surface area contributed by atoms with Crippen molar-refractivity contribution >= 4 is 18.2 Å². The molecular weight excluding hydrogens is 108 g/mol. The molecule has 0 aliphatic carbocycles. The van der Waals surface area contributed by atoms with Crippen LogP contribution >= 0.6 is 11.9 Å². The summed E-state index contributed by atoms with van der Waals surface area (Å²) in [5.74, 6) is 1.18. The monoisotopic (exact) mass is 116 g/mol. The first-order valence-electron chi connectivity index (χ1n) is 2.28. The third-order valence-electron chi connectivity index (χ3n) is 0.769. The lowest BCUT2D eigenvalue weighted by Crippen LogP contribution is -2.06. The quantitative estimate of drug-likeness (QED) is 0.438. The number of hydrogen-bond donors (Lipinski definition) is 0. The summed E-state index contributed by atoms with van der Waals surface area (Å²) in [7, 11) is 1.96. The fourth-order valence-electron chi connectivity index (χ4n) is 0.444. The van der Waals surface area contributed by atoms with Gasteiger partial charge in [-0.3, -0.25) is 0 Å². The summed E-state index contributed by atoms with van der Waals surface area (Å²) in [6.07, 6.45) is 3.06. The van der Waals surface area contributed by atoms with Crippen molar-refractivity contribution in [3.63, 3.8) is 0 Å². The lowest BCUT2D eigenvalue weighted by molar-refractivity contribution is 0.610. The second-order valence-electron chi connectivity index (χ2n) is 1.38. The van der Waals surface area contributed by atoms with Crippen molar-refractivity contribution in [1.82, 2.24) is 4.41 Å². The highest BCUT2D eigenvalue weighted by atomic mass is 32.2. The van der Waals surface area contributed by atoms with E-state index in [1.54, 1.807) is 11.9 Å². The zero-order valence-corrected chi connectivity index (χ0v) is 5.11. The van der Waals surface area contributed by atoms with E-state index in [1.165, 1.54) is 5.75 Å². The van der Waals surface area contributed by atoms with Crippen LogP contribution in [0.5, 0.6) is 0 Å². The summed E-state index contributed by atoms with van der Waals surface area (Å²) in [6.45, 7) is 0. The van der Waals surface area contributed by atoms with Gasteiger partial charge in [-0.2, -0.15) is 5.10 Å². The molecule has 0 aromatic carbocycles. The second-order valence-corrected chi connectivity index (χ2v) is 2.58. The second kappa shape index (κ2) is 2.21. The molecule has 0 N–H and O–H groups in total. The van der Waals surface area contributed by atoms with E-state index in [9.17, 15) is 0 Å². The molecule has 0 amide bonds. The minimum absolute atomic E-state index is 1.12. The largest absolute Gasteiger partial charge is 0.242 e. The fraction of sp³-hybridized carbons (Fsp3) is 0.750. The lowest BCUT2D eigenvalue weighted by Gasteiger charge is -2.13. The molecule has 40 valence electrons. The summed E-state index contributed by atoms with van der Waals surface area (Å²) < 4.78 is 1.88. The predicted molar refractivity (Wildman–Crippen MR) is 33.3 cm³/mol. The van der Waals surface area contributed by atoms with Gasteiger partial charge in [0.2, 0.25) is 0 Å². The molecule has 0 fully saturated rings. The van der Waals surface area contributed by atoms with Gasteiger partial charge in [0, 0.05) is 19.0 Å². The van der Waals surface area contributed by atoms with Gasteiger partial charge in [-0.25, -0.2) is 4.41 Å². The van der Waals surface area contributed by atoms with Gasteiger partial charge in [-0.1, -0.05) is 0 Å². The average molecular weight is 116 g/mol. The van der Waals surface area contributed by atoms with Gasteiger partial charge >= 0.3 is 0 Å². The van der Waals surface area contributed by atoms with Gasteiger partial charge in [-0.15, -0.1) is 0 Å². The van der Waals surface area contributed by atoms with E-state index in [0.717, 1.165) is 6.42 Å². The van der Waals surface area contributed by atoms with Gasteiger partial charge in [-0.05, 0) is 18.4 Å². The molecule has 0 bridgehead atoms. The maximum Gasteiger partial charge on any atom is 0.0370 e. The molecular formula is C4H8N2S. The molecule has 0 saturated carbocycles. The number of hydrazone groups is 1. The van der Waals surface area contributed by atoms with Crippen LogP contribution in [-0.2, 0) is 0 Å². The molecule has 0 atom stereocenters. The van der Waals surface area contributed by atoms with Crippen LogP contribution in [0.4, 0.5) is 0 Å². The van der Waals surface area contributed by atoms with E-state index in [1.807, 2.05) is 17.7 Å². The number of hydrogen-bond acceptors (Lipinski definition) is 3. The Morgan fingerprint density at radius 1 is 1.86 bits per heavy atom. The van der Waals surface area contributed by atoms with Crippen LogP contribution in [0.1, 0.15) is 6.42 Å². The molecule has 1 heterocycles. The Morgan fingerprint density at radius 3 is 3.00 bits per heavy atom. The van der Waals surface area contributed by atoms with Crippen molar-refractivity contribution in [1.29, 1.82) is 0 Å². The van der Waals surface area contributed by atoms with Crippen LogP contribution in [0.15, 0.2) is 5.10 Å². The molecule has 0 aromatic rings. The Labute approximate surface area is 47.7 Å². The smallest absolute Gasteiger partial charge is 0.0370 e. The minimum Gasteiger partial charge on any atom is -0.242 e. The third-order valence-corrected chi connectivity index (χ3v) is 1.66. The molecule has 0 spiro atoms. The van der Waals surface area contributed by atoms with Crippen LogP contribution in [0.2, 0.25) is 0 Å². The molecule has 0 aromatic heterocycles. The standard InChI is InChI=1S/C4H8N2S/c1-6-5-3-2-4-7-6/h3H,2,4H2,1H3. The summed E-state index contributed by atoms with van der Waals surface area (Å²) in [6, 6.07) is 0. The summed E-state index contributed by atoms with van der Waals surface area (Å²) in [5, 5.41) is 4.00. The van der Waals surface area contributed by atoms with Crippen LogP contribution in [-0.4, -0.2) is 23.4 Å². The first-order valence-corrected chi connectivity index (χ1v) is 3.23. The highest BCUT2D eigenvalue weighted by molar-refractivity contribution is 7.97. The van der Waals surface area contributed by atoms with Gasteiger partial charge in [0.05, 0.1) is 0 Å². The van der Waals surface area contributed by atoms with Gasteiger partial charge in [0.15, 0.2) is 0 Å². The van der Waals surface area contributed by atoms with E-state index in [4.69, 9.17) is 0 Å². The third kappa shape index (κ3) is 1.39. The summed E-state index contributed by atoms with van der Waals surface area (Å²) in [4.78, 5) is 0. The highest BCUT2D eigenvalue weighted by Gasteiger charge is 1.96. The SMILES string of the molecule is CN1N=CCCS1. The molecule has 0 radical (unpaired) electrons. The maximum absolute atomic E-state index is 4.00. The number of nitrogens with zero attached hydrogens (tertiary/aromatic N) is 2. The Kier molecular flexibility index (Phi) is 1.57. The summed E-state index contributed by atoms with van der Waals surface area (Å²) >= 11 is 1.75. The molecule has 1 rings (SSSR count). The molecule has 0 unspecified atom stereocenters. The van der Waals surface area contributed by atoms with Gasteiger partial charge < -0.3 is 0 Å². The Balaban J connectivity index is 2.36. The zero-order chi connectivity index (χ0) is 5.11. The van der Waals surface area contributed by atoms with Crippen LogP contribution in [0, 0.1) is 0 Å². The van der Waals surface area contributed by atoms with E-state index in [2.05, 4.69) is 5.10 Å². The van der Waals surface area contributed by atoms with E-state index < -0.39 is 0 Å². The van der Waals surface area contributed by atoms with Gasteiger partial charge in [0.1, 0.15) is 0 Å². The van der Waals surface area contributed by atoms with E-state index >= 15 is 0 Å². The van der Waals surface area contributed by atoms with E-state index in [0.29, 0.717) is 0 Å². The molecule has 1 aliphatic rings. The highest BCUT2D eigenvalue weighted by Crippen LogP contribution is 2.10. The topological polar surface area (TPSA) is 15.6 Å². The maximum atomic E-state index is 4.00. The lowest BCUT2D eigenvalue weighted by atomic mass is 10.5. The van der Waals surface area contributed by atoms with E-state index in [-0.39, 0.29) is 0 Å². The van der Waals surface area contributed by atoms with Crippen LogP contribution in [0.25, 0.3) is 0 Å². The van der Waals surface area contributed by atoms with Crippen LogP contribution < -0.4 is 0 Å². The first kappa shape index (κ1) is 4.97. The van der Waals surface area contributed by atoms with Crippen molar-refractivity contribution < 1.29 is 0 Å². The number of rotatable bonds is 0. The van der Waals surface area contributed by atoms with Crippen molar-refractivity contribution in [2.75, 3.05) is 12.8 Å². The molecule has 7 heavy (non-hydrogen) atoms.